The molecule has 2 heteroatoms. The summed E-state index contributed by atoms with van der Waals surface area (Å²) in [6, 6.07) is 0. The average Bonchev–Trinajstić information content (AvgIpc) is 2.79. The first-order valence-corrected chi connectivity index (χ1v) is 5.11. The van der Waals surface area contributed by atoms with Gasteiger partial charge in [-0.05, 0) is 19.3 Å². The highest BCUT2D eigenvalue weighted by Gasteiger charge is 2.36. The summed E-state index contributed by atoms with van der Waals surface area (Å²) >= 11 is 0. The highest BCUT2D eigenvalue weighted by atomic mass is 16.6. The molecule has 72 valence electrons. The predicted octanol–water partition coefficient (Wildman–Crippen LogP) is 2.37. The Morgan fingerprint density at radius 1 is 1.00 bits per heavy atom. The van der Waals surface area contributed by atoms with Gasteiger partial charge in [0.1, 0.15) is 0 Å². The Balaban J connectivity index is 1.83. The molecule has 0 amide bonds. The van der Waals surface area contributed by atoms with Crippen molar-refractivity contribution in [2.24, 2.45) is 0 Å². The summed E-state index contributed by atoms with van der Waals surface area (Å²) in [5.41, 5.74) is 0. The Hall–Kier alpha value is -0.0800. The van der Waals surface area contributed by atoms with E-state index in [0.717, 1.165) is 26.1 Å². The molecule has 1 aliphatic rings. The molecule has 2 atom stereocenters. The molecule has 1 aliphatic heterocycles. The first-order chi connectivity index (χ1) is 5.88. The number of ether oxygens (including phenoxy) is 2. The van der Waals surface area contributed by atoms with E-state index in [-0.39, 0.29) is 0 Å². The van der Waals surface area contributed by atoms with Crippen LogP contribution >= 0.6 is 0 Å². The first kappa shape index (κ1) is 10.0. The SMILES string of the molecule is CCCOCCC1OC1CCC. The minimum Gasteiger partial charge on any atom is -0.381 e. The van der Waals surface area contributed by atoms with Crippen molar-refractivity contribution >= 4 is 0 Å². The van der Waals surface area contributed by atoms with Gasteiger partial charge in [0.25, 0.3) is 0 Å². The molecule has 0 N–H and O–H groups in total. The summed E-state index contributed by atoms with van der Waals surface area (Å²) in [7, 11) is 0. The average molecular weight is 172 g/mol. The second-order valence-corrected chi connectivity index (χ2v) is 3.40. The molecule has 12 heavy (non-hydrogen) atoms. The minimum atomic E-state index is 0.516. The topological polar surface area (TPSA) is 21.8 Å². The second-order valence-electron chi connectivity index (χ2n) is 3.40. The molecule has 1 saturated heterocycles. The van der Waals surface area contributed by atoms with E-state index in [1.807, 2.05) is 0 Å². The third-order valence-corrected chi connectivity index (χ3v) is 2.16. The molecule has 1 heterocycles. The van der Waals surface area contributed by atoms with Crippen molar-refractivity contribution in [2.75, 3.05) is 13.2 Å². The van der Waals surface area contributed by atoms with Crippen molar-refractivity contribution in [3.8, 4) is 0 Å². The molecule has 0 saturated carbocycles. The van der Waals surface area contributed by atoms with Crippen LogP contribution in [0.2, 0.25) is 0 Å². The molecule has 2 unspecified atom stereocenters. The van der Waals surface area contributed by atoms with Crippen LogP contribution < -0.4 is 0 Å². The monoisotopic (exact) mass is 172 g/mol. The summed E-state index contributed by atoms with van der Waals surface area (Å²) in [6.07, 6.45) is 5.73. The third-order valence-electron chi connectivity index (χ3n) is 2.16. The summed E-state index contributed by atoms with van der Waals surface area (Å²) in [6.45, 7) is 6.10. The van der Waals surface area contributed by atoms with E-state index in [0.29, 0.717) is 12.2 Å². The van der Waals surface area contributed by atoms with Crippen molar-refractivity contribution < 1.29 is 9.47 Å². The van der Waals surface area contributed by atoms with Gasteiger partial charge in [-0.1, -0.05) is 20.3 Å². The minimum absolute atomic E-state index is 0.516. The summed E-state index contributed by atoms with van der Waals surface area (Å²) in [5.74, 6) is 0. The summed E-state index contributed by atoms with van der Waals surface area (Å²) < 4.78 is 10.8. The van der Waals surface area contributed by atoms with E-state index >= 15 is 0 Å². The van der Waals surface area contributed by atoms with E-state index in [2.05, 4.69) is 13.8 Å². The molecule has 0 spiro atoms. The van der Waals surface area contributed by atoms with Crippen LogP contribution in [0.15, 0.2) is 0 Å². The largest absolute Gasteiger partial charge is 0.381 e. The summed E-state index contributed by atoms with van der Waals surface area (Å²) in [4.78, 5) is 0. The lowest BCUT2D eigenvalue weighted by atomic mass is 10.2. The maximum atomic E-state index is 5.46. The maximum absolute atomic E-state index is 5.46. The van der Waals surface area contributed by atoms with Crippen LogP contribution in [-0.2, 0) is 9.47 Å². The molecule has 1 rings (SSSR count). The zero-order valence-electron chi connectivity index (χ0n) is 8.21. The van der Waals surface area contributed by atoms with Crippen molar-refractivity contribution in [1.82, 2.24) is 0 Å². The quantitative estimate of drug-likeness (QED) is 0.434. The Morgan fingerprint density at radius 3 is 2.42 bits per heavy atom. The van der Waals surface area contributed by atoms with Crippen molar-refractivity contribution in [3.63, 3.8) is 0 Å². The maximum Gasteiger partial charge on any atom is 0.0863 e. The Bertz CT molecular complexity index is 114. The van der Waals surface area contributed by atoms with E-state index in [9.17, 15) is 0 Å². The lowest BCUT2D eigenvalue weighted by molar-refractivity contribution is 0.126. The molecular weight excluding hydrogens is 152 g/mol. The number of hydrogen-bond donors (Lipinski definition) is 0. The number of epoxide rings is 1. The van der Waals surface area contributed by atoms with E-state index < -0.39 is 0 Å². The van der Waals surface area contributed by atoms with Crippen LogP contribution in [0.1, 0.15) is 39.5 Å². The van der Waals surface area contributed by atoms with Crippen LogP contribution in [0.25, 0.3) is 0 Å². The molecule has 1 fully saturated rings. The lowest BCUT2D eigenvalue weighted by Crippen LogP contribution is -2.01. The van der Waals surface area contributed by atoms with Crippen molar-refractivity contribution in [3.05, 3.63) is 0 Å². The highest BCUT2D eigenvalue weighted by Crippen LogP contribution is 2.28. The zero-order valence-corrected chi connectivity index (χ0v) is 8.21. The van der Waals surface area contributed by atoms with Gasteiger partial charge >= 0.3 is 0 Å². The van der Waals surface area contributed by atoms with Crippen LogP contribution in [-0.4, -0.2) is 25.4 Å². The second kappa shape index (κ2) is 5.55. The van der Waals surface area contributed by atoms with Crippen LogP contribution in [0.3, 0.4) is 0 Å². The molecule has 2 nitrogen and oxygen atoms in total. The number of rotatable bonds is 7. The molecule has 0 aromatic carbocycles. The van der Waals surface area contributed by atoms with Gasteiger partial charge in [-0.3, -0.25) is 0 Å². The van der Waals surface area contributed by atoms with Gasteiger partial charge in [0, 0.05) is 13.2 Å². The van der Waals surface area contributed by atoms with Crippen LogP contribution in [0.5, 0.6) is 0 Å². The Kier molecular flexibility index (Phi) is 4.62. The van der Waals surface area contributed by atoms with E-state index in [4.69, 9.17) is 9.47 Å². The fourth-order valence-electron chi connectivity index (χ4n) is 1.42. The van der Waals surface area contributed by atoms with Crippen molar-refractivity contribution in [2.45, 2.75) is 51.7 Å². The van der Waals surface area contributed by atoms with Gasteiger partial charge in [0.15, 0.2) is 0 Å². The lowest BCUT2D eigenvalue weighted by Gasteiger charge is -1.98. The van der Waals surface area contributed by atoms with Gasteiger partial charge in [-0.15, -0.1) is 0 Å². The standard InChI is InChI=1S/C10H20O2/c1-3-5-9-10(12-9)6-8-11-7-4-2/h9-10H,3-8H2,1-2H3. The molecule has 0 aliphatic carbocycles. The zero-order chi connectivity index (χ0) is 8.81. The van der Waals surface area contributed by atoms with Gasteiger partial charge in [0.2, 0.25) is 0 Å². The number of hydrogen-bond acceptors (Lipinski definition) is 2. The van der Waals surface area contributed by atoms with Crippen LogP contribution in [0, 0.1) is 0 Å². The third kappa shape index (κ3) is 3.55. The molecule has 0 aromatic heterocycles. The van der Waals surface area contributed by atoms with Crippen LogP contribution in [0.4, 0.5) is 0 Å². The molecule has 0 aromatic rings. The van der Waals surface area contributed by atoms with E-state index in [1.54, 1.807) is 0 Å². The van der Waals surface area contributed by atoms with Gasteiger partial charge in [-0.2, -0.15) is 0 Å². The summed E-state index contributed by atoms with van der Waals surface area (Å²) in [5, 5.41) is 0. The molecular formula is C10H20O2. The normalized spacial score (nSPS) is 27.5. The predicted molar refractivity (Wildman–Crippen MR) is 49.3 cm³/mol. The van der Waals surface area contributed by atoms with Gasteiger partial charge < -0.3 is 9.47 Å². The van der Waals surface area contributed by atoms with E-state index in [1.165, 1.54) is 12.8 Å². The fraction of sp³-hybridized carbons (Fsp3) is 1.00. The Labute approximate surface area is 75.2 Å². The highest BCUT2D eigenvalue weighted by molar-refractivity contribution is 4.83. The fourth-order valence-corrected chi connectivity index (χ4v) is 1.42. The molecule has 0 bridgehead atoms. The van der Waals surface area contributed by atoms with Crippen molar-refractivity contribution in [1.29, 1.82) is 0 Å². The molecule has 0 radical (unpaired) electrons. The van der Waals surface area contributed by atoms with Gasteiger partial charge in [-0.25, -0.2) is 0 Å². The first-order valence-electron chi connectivity index (χ1n) is 5.11. The Morgan fingerprint density at radius 2 is 1.75 bits per heavy atom. The smallest absolute Gasteiger partial charge is 0.0863 e. The van der Waals surface area contributed by atoms with Gasteiger partial charge in [0.05, 0.1) is 12.2 Å².